The highest BCUT2D eigenvalue weighted by atomic mass is 16.6. The number of allylic oxidation sites excluding steroid dienone is 3. The van der Waals surface area contributed by atoms with Crippen molar-refractivity contribution in [2.24, 2.45) is 5.41 Å². The molecule has 0 amide bonds. The van der Waals surface area contributed by atoms with Gasteiger partial charge in [0.05, 0.1) is 5.41 Å². The topological polar surface area (TPSA) is 78.9 Å². The van der Waals surface area contributed by atoms with Crippen molar-refractivity contribution in [3.8, 4) is 0 Å². The molecule has 0 aliphatic carbocycles. The van der Waals surface area contributed by atoms with Crippen LogP contribution in [0.4, 0.5) is 0 Å². The van der Waals surface area contributed by atoms with Crippen LogP contribution in [0.15, 0.2) is 36.0 Å². The minimum atomic E-state index is -0.807. The van der Waals surface area contributed by atoms with Gasteiger partial charge in [0.2, 0.25) is 0 Å². The van der Waals surface area contributed by atoms with Gasteiger partial charge in [0.15, 0.2) is 0 Å². The van der Waals surface area contributed by atoms with Gasteiger partial charge in [-0.25, -0.2) is 14.4 Å². The molecule has 0 aromatic heterocycles. The van der Waals surface area contributed by atoms with Crippen molar-refractivity contribution in [3.05, 3.63) is 36.0 Å². The summed E-state index contributed by atoms with van der Waals surface area (Å²) in [6, 6.07) is 0. The molecule has 0 aromatic rings. The first-order chi connectivity index (χ1) is 11.8. The van der Waals surface area contributed by atoms with Crippen LogP contribution in [0.3, 0.4) is 0 Å². The van der Waals surface area contributed by atoms with E-state index >= 15 is 0 Å². The monoisotopic (exact) mass is 352 g/mol. The fourth-order valence-electron chi connectivity index (χ4n) is 1.70. The quantitative estimate of drug-likeness (QED) is 0.341. The Hall–Kier alpha value is -2.37. The molecule has 6 nitrogen and oxygen atoms in total. The van der Waals surface area contributed by atoms with E-state index in [0.29, 0.717) is 12.0 Å². The molecule has 0 saturated heterocycles. The Morgan fingerprint density at radius 2 is 1.28 bits per heavy atom. The van der Waals surface area contributed by atoms with Crippen LogP contribution in [0.25, 0.3) is 0 Å². The van der Waals surface area contributed by atoms with E-state index in [1.165, 1.54) is 12.2 Å². The standard InChI is InChI=1S/C19H28O6/c1-6-10-16(20)23-12-19(9-4,13-24-17(21)11-7-2)14-25-18(22)15(5)8-3/h6-8,10-11H,9,12-14H2,1-5H3/b10-6+,11-7+,15-8+. The predicted molar refractivity (Wildman–Crippen MR) is 94.7 cm³/mol. The van der Waals surface area contributed by atoms with Crippen molar-refractivity contribution in [2.75, 3.05) is 19.8 Å². The van der Waals surface area contributed by atoms with Gasteiger partial charge in [-0.1, -0.05) is 25.2 Å². The molecule has 140 valence electrons. The van der Waals surface area contributed by atoms with E-state index < -0.39 is 23.3 Å². The zero-order valence-electron chi connectivity index (χ0n) is 15.7. The SMILES string of the molecule is C/C=C/C(=O)OCC(CC)(COC(=O)/C=C/C)COC(=O)/C(C)=C/C. The summed E-state index contributed by atoms with van der Waals surface area (Å²) in [6.07, 6.45) is 7.86. The molecular weight excluding hydrogens is 324 g/mol. The lowest BCUT2D eigenvalue weighted by Crippen LogP contribution is -2.39. The van der Waals surface area contributed by atoms with Crippen molar-refractivity contribution in [1.29, 1.82) is 0 Å². The lowest BCUT2D eigenvalue weighted by Gasteiger charge is -2.30. The van der Waals surface area contributed by atoms with Crippen LogP contribution in [0, 0.1) is 5.41 Å². The van der Waals surface area contributed by atoms with Crippen molar-refractivity contribution >= 4 is 17.9 Å². The number of hydrogen-bond acceptors (Lipinski definition) is 6. The van der Waals surface area contributed by atoms with E-state index in [-0.39, 0.29) is 19.8 Å². The highest BCUT2D eigenvalue weighted by Gasteiger charge is 2.34. The van der Waals surface area contributed by atoms with E-state index in [4.69, 9.17) is 14.2 Å². The third-order valence-electron chi connectivity index (χ3n) is 3.66. The Morgan fingerprint density at radius 1 is 0.840 bits per heavy atom. The molecule has 0 aliphatic heterocycles. The van der Waals surface area contributed by atoms with Crippen LogP contribution in [0.1, 0.15) is 41.0 Å². The summed E-state index contributed by atoms with van der Waals surface area (Å²) in [6.45, 7) is 8.55. The lowest BCUT2D eigenvalue weighted by atomic mass is 9.88. The average molecular weight is 352 g/mol. The maximum atomic E-state index is 11.9. The molecule has 0 spiro atoms. The Balaban J connectivity index is 5.11. The summed E-state index contributed by atoms with van der Waals surface area (Å²) in [5, 5.41) is 0. The second-order valence-corrected chi connectivity index (χ2v) is 5.62. The molecule has 0 heterocycles. The number of esters is 3. The Bertz CT molecular complexity index is 514. The summed E-state index contributed by atoms with van der Waals surface area (Å²) in [4.78, 5) is 35.1. The number of ether oxygens (including phenoxy) is 3. The highest BCUT2D eigenvalue weighted by Crippen LogP contribution is 2.25. The smallest absolute Gasteiger partial charge is 0.333 e. The van der Waals surface area contributed by atoms with Crippen LogP contribution in [-0.2, 0) is 28.6 Å². The van der Waals surface area contributed by atoms with Crippen molar-refractivity contribution in [1.82, 2.24) is 0 Å². The Morgan fingerprint density at radius 3 is 1.64 bits per heavy atom. The normalized spacial score (nSPS) is 12.4. The largest absolute Gasteiger partial charge is 0.462 e. The van der Waals surface area contributed by atoms with E-state index in [1.54, 1.807) is 45.9 Å². The van der Waals surface area contributed by atoms with Gasteiger partial charge in [0.25, 0.3) is 0 Å². The Kier molecular flexibility index (Phi) is 10.9. The molecule has 0 atom stereocenters. The van der Waals surface area contributed by atoms with E-state index in [2.05, 4.69) is 0 Å². The van der Waals surface area contributed by atoms with Gasteiger partial charge in [-0.3, -0.25) is 0 Å². The average Bonchev–Trinajstić information content (AvgIpc) is 2.61. The van der Waals surface area contributed by atoms with Crippen LogP contribution in [0.2, 0.25) is 0 Å². The molecule has 0 aliphatic rings. The molecule has 0 saturated carbocycles. The summed E-state index contributed by atoms with van der Waals surface area (Å²) in [5.41, 5.74) is -0.333. The second kappa shape index (κ2) is 12.1. The van der Waals surface area contributed by atoms with Gasteiger partial charge in [-0.15, -0.1) is 0 Å². The van der Waals surface area contributed by atoms with Crippen LogP contribution >= 0.6 is 0 Å². The third-order valence-corrected chi connectivity index (χ3v) is 3.66. The van der Waals surface area contributed by atoms with E-state index in [1.807, 2.05) is 6.92 Å². The van der Waals surface area contributed by atoms with Gasteiger partial charge in [0.1, 0.15) is 19.8 Å². The first-order valence-electron chi connectivity index (χ1n) is 8.23. The lowest BCUT2D eigenvalue weighted by molar-refractivity contribution is -0.156. The molecule has 0 aromatic carbocycles. The second-order valence-electron chi connectivity index (χ2n) is 5.62. The zero-order chi connectivity index (χ0) is 19.3. The van der Waals surface area contributed by atoms with Gasteiger partial charge < -0.3 is 14.2 Å². The van der Waals surface area contributed by atoms with Gasteiger partial charge in [0, 0.05) is 17.7 Å². The number of rotatable bonds is 10. The molecule has 25 heavy (non-hydrogen) atoms. The molecule has 0 N–H and O–H groups in total. The molecular formula is C19H28O6. The van der Waals surface area contributed by atoms with Crippen LogP contribution in [0.5, 0.6) is 0 Å². The molecule has 0 unspecified atom stereocenters. The first kappa shape index (κ1) is 22.6. The van der Waals surface area contributed by atoms with Crippen LogP contribution in [-0.4, -0.2) is 37.7 Å². The fourth-order valence-corrected chi connectivity index (χ4v) is 1.70. The van der Waals surface area contributed by atoms with Gasteiger partial charge in [-0.05, 0) is 34.1 Å². The summed E-state index contributed by atoms with van der Waals surface area (Å²) in [7, 11) is 0. The number of hydrogen-bond donors (Lipinski definition) is 0. The first-order valence-corrected chi connectivity index (χ1v) is 8.23. The zero-order valence-corrected chi connectivity index (χ0v) is 15.7. The van der Waals surface area contributed by atoms with Crippen LogP contribution < -0.4 is 0 Å². The molecule has 6 heteroatoms. The molecule has 0 radical (unpaired) electrons. The summed E-state index contributed by atoms with van der Waals surface area (Å²) >= 11 is 0. The minimum Gasteiger partial charge on any atom is -0.462 e. The van der Waals surface area contributed by atoms with E-state index in [0.717, 1.165) is 0 Å². The molecule has 0 fully saturated rings. The van der Waals surface area contributed by atoms with Crippen molar-refractivity contribution in [2.45, 2.75) is 41.0 Å². The van der Waals surface area contributed by atoms with Crippen molar-refractivity contribution in [3.63, 3.8) is 0 Å². The fraction of sp³-hybridized carbons (Fsp3) is 0.526. The maximum Gasteiger partial charge on any atom is 0.333 e. The molecule has 0 bridgehead atoms. The Labute approximate surface area is 149 Å². The maximum absolute atomic E-state index is 11.9. The summed E-state index contributed by atoms with van der Waals surface area (Å²) < 4.78 is 15.7. The third kappa shape index (κ3) is 8.88. The van der Waals surface area contributed by atoms with Gasteiger partial charge >= 0.3 is 17.9 Å². The minimum absolute atomic E-state index is 0.0280. The predicted octanol–water partition coefficient (Wildman–Crippen LogP) is 3.13. The van der Waals surface area contributed by atoms with E-state index in [9.17, 15) is 14.4 Å². The molecule has 0 rings (SSSR count). The number of carbonyl (C=O) groups is 3. The van der Waals surface area contributed by atoms with Crippen molar-refractivity contribution < 1.29 is 28.6 Å². The highest BCUT2D eigenvalue weighted by molar-refractivity contribution is 5.87. The summed E-state index contributed by atoms with van der Waals surface area (Å²) in [5.74, 6) is -1.47. The number of carbonyl (C=O) groups excluding carboxylic acids is 3. The van der Waals surface area contributed by atoms with Gasteiger partial charge in [-0.2, -0.15) is 0 Å².